The van der Waals surface area contributed by atoms with Gasteiger partial charge in [-0.05, 0) is 6.42 Å². The van der Waals surface area contributed by atoms with Crippen LogP contribution in [-0.2, 0) is 0 Å². The molecule has 1 aliphatic heterocycles. The Morgan fingerprint density at radius 1 is 1.50 bits per heavy atom. The van der Waals surface area contributed by atoms with Crippen molar-refractivity contribution in [1.29, 1.82) is 0 Å². The Morgan fingerprint density at radius 2 is 2.17 bits per heavy atom. The highest BCUT2D eigenvalue weighted by Gasteiger charge is 2.15. The molecule has 4 heteroatoms. The van der Waals surface area contributed by atoms with Crippen LogP contribution in [0.15, 0.2) is 21.1 Å². The lowest BCUT2D eigenvalue weighted by Gasteiger charge is -2.25. The highest BCUT2D eigenvalue weighted by Crippen LogP contribution is 2.24. The summed E-state index contributed by atoms with van der Waals surface area (Å²) in [6.07, 6.45) is 0.848. The second kappa shape index (κ2) is 4.66. The van der Waals surface area contributed by atoms with Gasteiger partial charge in [0.05, 0.1) is 0 Å². The van der Waals surface area contributed by atoms with Gasteiger partial charge in [-0.2, -0.15) is 0 Å². The molecule has 1 heterocycles. The van der Waals surface area contributed by atoms with Gasteiger partial charge in [-0.1, -0.05) is 45.7 Å². The number of hydrogen-bond acceptors (Lipinski definition) is 1. The fraction of sp³-hybridized carbons (Fsp3) is 0.500. The van der Waals surface area contributed by atoms with E-state index in [0.29, 0.717) is 0 Å². The maximum Gasteiger partial charge on any atom is 0.0466 e. The summed E-state index contributed by atoms with van der Waals surface area (Å²) < 4.78 is 0.977. The second-order valence-electron chi connectivity index (χ2n) is 2.79. The summed E-state index contributed by atoms with van der Waals surface area (Å²) in [4.78, 5) is 2.20. The van der Waals surface area contributed by atoms with Gasteiger partial charge in [0.15, 0.2) is 0 Å². The van der Waals surface area contributed by atoms with Crippen molar-refractivity contribution in [2.75, 3.05) is 19.6 Å². The van der Waals surface area contributed by atoms with E-state index in [1.165, 1.54) is 0 Å². The third-order valence-corrected chi connectivity index (χ3v) is 2.81. The molecule has 0 bridgehead atoms. The van der Waals surface area contributed by atoms with E-state index in [1.54, 1.807) is 0 Å². The molecule has 0 aliphatic carbocycles. The number of halogens is 3. The zero-order chi connectivity index (χ0) is 9.14. The van der Waals surface area contributed by atoms with Crippen molar-refractivity contribution < 1.29 is 0 Å². The third kappa shape index (κ3) is 3.09. The molecule has 0 saturated heterocycles. The van der Waals surface area contributed by atoms with Crippen molar-refractivity contribution in [2.24, 2.45) is 0 Å². The van der Waals surface area contributed by atoms with Crippen LogP contribution in [0.5, 0.6) is 0 Å². The minimum absolute atomic E-state index is 0.741. The Labute approximate surface area is 91.1 Å². The zero-order valence-electron chi connectivity index (χ0n) is 6.62. The fourth-order valence-corrected chi connectivity index (χ4v) is 1.89. The molecule has 68 valence electrons. The van der Waals surface area contributed by atoms with Crippen molar-refractivity contribution >= 4 is 39.1 Å². The van der Waals surface area contributed by atoms with E-state index in [9.17, 15) is 0 Å². The quantitative estimate of drug-likeness (QED) is 0.744. The average Bonchev–Trinajstić information content (AvgIpc) is 1.96. The molecule has 0 fully saturated rings. The average molecular weight is 271 g/mol. The van der Waals surface area contributed by atoms with Gasteiger partial charge in [0, 0.05) is 34.2 Å². The first kappa shape index (κ1) is 10.6. The van der Waals surface area contributed by atoms with Gasteiger partial charge in [-0.15, -0.1) is 0 Å². The Bertz CT molecular complexity index is 225. The largest absolute Gasteiger partial charge is 0.293 e. The van der Waals surface area contributed by atoms with Gasteiger partial charge in [0.25, 0.3) is 0 Å². The molecule has 0 aromatic carbocycles. The van der Waals surface area contributed by atoms with Gasteiger partial charge in [0.2, 0.25) is 0 Å². The summed E-state index contributed by atoms with van der Waals surface area (Å²) in [7, 11) is 0. The summed E-state index contributed by atoms with van der Waals surface area (Å²) in [5.74, 6) is 0. The maximum absolute atomic E-state index is 5.91. The Hall–Kier alpha value is 0.500. The Balaban J connectivity index is 2.49. The normalized spacial score (nSPS) is 19.9. The summed E-state index contributed by atoms with van der Waals surface area (Å²) in [6.45, 7) is 6.31. The predicted octanol–water partition coefficient (Wildman–Crippen LogP) is 3.29. The monoisotopic (exact) mass is 269 g/mol. The maximum atomic E-state index is 5.91. The van der Waals surface area contributed by atoms with Crippen LogP contribution in [0.25, 0.3) is 0 Å². The SMILES string of the molecule is C=C(Br)CN1CCC(Cl)=C(Cl)C1. The van der Waals surface area contributed by atoms with Crippen molar-refractivity contribution in [1.82, 2.24) is 4.90 Å². The number of rotatable bonds is 2. The van der Waals surface area contributed by atoms with E-state index in [0.717, 1.165) is 40.6 Å². The standard InChI is InChI=1S/C8H10BrCl2N/c1-6(9)4-12-3-2-7(10)8(11)5-12/h1-5H2. The topological polar surface area (TPSA) is 3.24 Å². The first-order valence-corrected chi connectivity index (χ1v) is 5.23. The van der Waals surface area contributed by atoms with E-state index in [4.69, 9.17) is 23.2 Å². The zero-order valence-corrected chi connectivity index (χ0v) is 9.71. The van der Waals surface area contributed by atoms with Crippen LogP contribution in [0.4, 0.5) is 0 Å². The molecule has 1 nitrogen and oxygen atoms in total. The molecular formula is C8H10BrCl2N. The van der Waals surface area contributed by atoms with Crippen molar-refractivity contribution in [3.8, 4) is 0 Å². The van der Waals surface area contributed by atoms with Gasteiger partial charge in [-0.25, -0.2) is 0 Å². The Morgan fingerprint density at radius 3 is 2.67 bits per heavy atom. The van der Waals surface area contributed by atoms with Crippen molar-refractivity contribution in [2.45, 2.75) is 6.42 Å². The first-order valence-electron chi connectivity index (χ1n) is 3.68. The van der Waals surface area contributed by atoms with Gasteiger partial charge in [0.1, 0.15) is 0 Å². The molecule has 0 unspecified atom stereocenters. The van der Waals surface area contributed by atoms with E-state index in [1.807, 2.05) is 0 Å². The molecule has 0 amide bonds. The van der Waals surface area contributed by atoms with Crippen molar-refractivity contribution in [3.63, 3.8) is 0 Å². The smallest absolute Gasteiger partial charge is 0.0466 e. The lowest BCUT2D eigenvalue weighted by molar-refractivity contribution is 0.324. The van der Waals surface area contributed by atoms with E-state index < -0.39 is 0 Å². The van der Waals surface area contributed by atoms with Gasteiger partial charge >= 0.3 is 0 Å². The molecule has 0 N–H and O–H groups in total. The minimum atomic E-state index is 0.741. The van der Waals surface area contributed by atoms with Crippen LogP contribution in [0.2, 0.25) is 0 Å². The summed E-state index contributed by atoms with van der Waals surface area (Å²) >= 11 is 15.1. The lowest BCUT2D eigenvalue weighted by atomic mass is 10.2. The van der Waals surface area contributed by atoms with E-state index in [2.05, 4.69) is 27.4 Å². The summed E-state index contributed by atoms with van der Waals surface area (Å²) in [5.41, 5.74) is 0. The van der Waals surface area contributed by atoms with Gasteiger partial charge < -0.3 is 0 Å². The second-order valence-corrected chi connectivity index (χ2v) is 4.82. The highest BCUT2D eigenvalue weighted by atomic mass is 79.9. The molecular weight excluding hydrogens is 261 g/mol. The summed E-state index contributed by atoms with van der Waals surface area (Å²) in [5, 5.41) is 1.56. The number of hydrogen-bond donors (Lipinski definition) is 0. The molecule has 0 aromatic heterocycles. The molecule has 0 atom stereocenters. The van der Waals surface area contributed by atoms with Crippen LogP contribution in [0.3, 0.4) is 0 Å². The first-order chi connectivity index (χ1) is 5.59. The van der Waals surface area contributed by atoms with Crippen LogP contribution in [0, 0.1) is 0 Å². The molecule has 1 aliphatic rings. The van der Waals surface area contributed by atoms with E-state index >= 15 is 0 Å². The molecule has 0 radical (unpaired) electrons. The minimum Gasteiger partial charge on any atom is -0.293 e. The van der Waals surface area contributed by atoms with Crippen LogP contribution in [0.1, 0.15) is 6.42 Å². The van der Waals surface area contributed by atoms with Crippen LogP contribution >= 0.6 is 39.1 Å². The molecule has 0 aromatic rings. The van der Waals surface area contributed by atoms with Gasteiger partial charge in [-0.3, -0.25) is 4.90 Å². The highest BCUT2D eigenvalue weighted by molar-refractivity contribution is 9.11. The molecule has 0 saturated carbocycles. The molecule has 0 spiro atoms. The van der Waals surface area contributed by atoms with E-state index in [-0.39, 0.29) is 0 Å². The fourth-order valence-electron chi connectivity index (χ4n) is 1.13. The Kier molecular flexibility index (Phi) is 4.11. The third-order valence-electron chi connectivity index (χ3n) is 1.70. The molecule has 1 rings (SSSR count). The summed E-state index contributed by atoms with van der Waals surface area (Å²) in [6, 6.07) is 0. The van der Waals surface area contributed by atoms with Crippen molar-refractivity contribution in [3.05, 3.63) is 21.1 Å². The van der Waals surface area contributed by atoms with Crippen LogP contribution in [-0.4, -0.2) is 24.5 Å². The van der Waals surface area contributed by atoms with Crippen LogP contribution < -0.4 is 0 Å². The molecule has 12 heavy (non-hydrogen) atoms. The number of nitrogens with zero attached hydrogens (tertiary/aromatic N) is 1. The lowest BCUT2D eigenvalue weighted by Crippen LogP contribution is -2.30. The predicted molar refractivity (Wildman–Crippen MR) is 57.9 cm³/mol.